The molecular formula is C11H23N5. The molecule has 92 valence electrons. The molecule has 0 amide bonds. The van der Waals surface area contributed by atoms with Gasteiger partial charge in [0.25, 0.3) is 0 Å². The molecule has 0 spiro atoms. The van der Waals surface area contributed by atoms with Gasteiger partial charge in [-0.15, -0.1) is 5.10 Å². The number of hydrazine groups is 1. The van der Waals surface area contributed by atoms with E-state index in [9.17, 15) is 0 Å². The molecular weight excluding hydrogens is 202 g/mol. The second-order valence-electron chi connectivity index (χ2n) is 5.37. The molecule has 1 heterocycles. The molecule has 1 atom stereocenters. The molecule has 0 saturated heterocycles. The highest BCUT2D eigenvalue weighted by Crippen LogP contribution is 2.28. The number of rotatable bonds is 5. The summed E-state index contributed by atoms with van der Waals surface area (Å²) in [5, 5.41) is 8.03. The molecule has 0 saturated carbocycles. The summed E-state index contributed by atoms with van der Waals surface area (Å²) in [5.74, 6) is 5.62. The molecule has 0 aliphatic rings. The third kappa shape index (κ3) is 3.57. The van der Waals surface area contributed by atoms with Crippen molar-refractivity contribution in [3.05, 3.63) is 11.9 Å². The minimum atomic E-state index is 0.113. The summed E-state index contributed by atoms with van der Waals surface area (Å²) in [6, 6.07) is 0.113. The van der Waals surface area contributed by atoms with Crippen molar-refractivity contribution in [1.29, 1.82) is 0 Å². The van der Waals surface area contributed by atoms with Crippen LogP contribution < -0.4 is 11.3 Å². The van der Waals surface area contributed by atoms with Crippen molar-refractivity contribution in [3.63, 3.8) is 0 Å². The van der Waals surface area contributed by atoms with Gasteiger partial charge in [0.05, 0.1) is 17.9 Å². The Labute approximate surface area is 97.4 Å². The molecule has 1 rings (SSSR count). The predicted molar refractivity (Wildman–Crippen MR) is 64.4 cm³/mol. The Morgan fingerprint density at radius 1 is 1.50 bits per heavy atom. The number of aryl methyl sites for hydroxylation is 1. The summed E-state index contributed by atoms with van der Waals surface area (Å²) < 4.78 is 1.93. The maximum atomic E-state index is 5.62. The van der Waals surface area contributed by atoms with Crippen molar-refractivity contribution in [3.8, 4) is 0 Å². The molecule has 0 aliphatic heterocycles. The molecule has 0 fully saturated rings. The van der Waals surface area contributed by atoms with Crippen LogP contribution >= 0.6 is 0 Å². The van der Waals surface area contributed by atoms with Crippen molar-refractivity contribution < 1.29 is 0 Å². The lowest BCUT2D eigenvalue weighted by atomic mass is 9.87. The van der Waals surface area contributed by atoms with Crippen molar-refractivity contribution in [2.45, 2.75) is 53.1 Å². The molecule has 1 unspecified atom stereocenters. The van der Waals surface area contributed by atoms with Crippen LogP contribution in [-0.2, 0) is 6.54 Å². The first-order valence-corrected chi connectivity index (χ1v) is 5.82. The number of nitrogens with one attached hydrogen (secondary N) is 1. The quantitative estimate of drug-likeness (QED) is 0.590. The fourth-order valence-electron chi connectivity index (χ4n) is 1.78. The summed E-state index contributed by atoms with van der Waals surface area (Å²) >= 11 is 0. The zero-order valence-corrected chi connectivity index (χ0v) is 10.7. The number of aromatic nitrogens is 3. The topological polar surface area (TPSA) is 68.8 Å². The lowest BCUT2D eigenvalue weighted by Gasteiger charge is -2.25. The standard InChI is InChI=1S/C11H23N5/c1-5-6-16-10(8-13-15-16)9(14-12)7-11(2,3)4/h8-9,14H,5-7,12H2,1-4H3. The molecule has 0 bridgehead atoms. The summed E-state index contributed by atoms with van der Waals surface area (Å²) in [4.78, 5) is 0. The van der Waals surface area contributed by atoms with Gasteiger partial charge in [0, 0.05) is 6.54 Å². The second-order valence-corrected chi connectivity index (χ2v) is 5.37. The van der Waals surface area contributed by atoms with Gasteiger partial charge in [-0.1, -0.05) is 32.9 Å². The van der Waals surface area contributed by atoms with Crippen LogP contribution in [0.1, 0.15) is 52.3 Å². The Morgan fingerprint density at radius 2 is 2.19 bits per heavy atom. The van der Waals surface area contributed by atoms with Crippen LogP contribution in [0.25, 0.3) is 0 Å². The fraction of sp³-hybridized carbons (Fsp3) is 0.818. The Bertz CT molecular complexity index is 312. The minimum absolute atomic E-state index is 0.113. The Balaban J connectivity index is 2.82. The van der Waals surface area contributed by atoms with Crippen molar-refractivity contribution in [2.75, 3.05) is 0 Å². The van der Waals surface area contributed by atoms with Gasteiger partial charge in [-0.3, -0.25) is 11.3 Å². The SMILES string of the molecule is CCCn1nncc1C(CC(C)(C)C)NN. The molecule has 5 nitrogen and oxygen atoms in total. The molecule has 0 radical (unpaired) electrons. The smallest absolute Gasteiger partial charge is 0.0770 e. The third-order valence-corrected chi connectivity index (χ3v) is 2.46. The zero-order valence-electron chi connectivity index (χ0n) is 10.7. The predicted octanol–water partition coefficient (Wildman–Crippen LogP) is 1.63. The number of hydrogen-bond donors (Lipinski definition) is 2. The van der Waals surface area contributed by atoms with E-state index >= 15 is 0 Å². The van der Waals surface area contributed by atoms with Crippen LogP contribution in [0, 0.1) is 5.41 Å². The van der Waals surface area contributed by atoms with E-state index < -0.39 is 0 Å². The largest absolute Gasteiger partial charge is 0.271 e. The van der Waals surface area contributed by atoms with Gasteiger partial charge in [0.2, 0.25) is 0 Å². The first kappa shape index (κ1) is 13.1. The highest BCUT2D eigenvalue weighted by atomic mass is 15.4. The monoisotopic (exact) mass is 225 g/mol. The highest BCUT2D eigenvalue weighted by molar-refractivity contribution is 5.02. The summed E-state index contributed by atoms with van der Waals surface area (Å²) in [7, 11) is 0. The van der Waals surface area contributed by atoms with E-state index in [1.54, 1.807) is 6.20 Å². The Hall–Kier alpha value is -0.940. The normalized spacial score (nSPS) is 14.1. The summed E-state index contributed by atoms with van der Waals surface area (Å²) in [6.45, 7) is 9.61. The van der Waals surface area contributed by atoms with Gasteiger partial charge in [-0.25, -0.2) is 4.68 Å². The van der Waals surface area contributed by atoms with Gasteiger partial charge in [-0.05, 0) is 18.3 Å². The number of hydrogen-bond acceptors (Lipinski definition) is 4. The van der Waals surface area contributed by atoms with E-state index in [1.165, 1.54) is 0 Å². The summed E-state index contributed by atoms with van der Waals surface area (Å²) in [6.07, 6.45) is 3.80. The second kappa shape index (κ2) is 5.41. The van der Waals surface area contributed by atoms with Crippen LogP contribution in [0.4, 0.5) is 0 Å². The number of nitrogens with zero attached hydrogens (tertiary/aromatic N) is 3. The highest BCUT2D eigenvalue weighted by Gasteiger charge is 2.22. The molecule has 0 aliphatic carbocycles. The average molecular weight is 225 g/mol. The zero-order chi connectivity index (χ0) is 12.2. The summed E-state index contributed by atoms with van der Waals surface area (Å²) in [5.41, 5.74) is 4.15. The van der Waals surface area contributed by atoms with E-state index in [2.05, 4.69) is 43.4 Å². The van der Waals surface area contributed by atoms with E-state index in [4.69, 9.17) is 5.84 Å². The van der Waals surface area contributed by atoms with Crippen molar-refractivity contribution in [1.82, 2.24) is 20.4 Å². The first-order chi connectivity index (χ1) is 7.48. The van der Waals surface area contributed by atoms with E-state index in [1.807, 2.05) is 4.68 Å². The maximum Gasteiger partial charge on any atom is 0.0770 e. The van der Waals surface area contributed by atoms with Crippen LogP contribution in [0.15, 0.2) is 6.20 Å². The molecule has 0 aromatic carbocycles. The minimum Gasteiger partial charge on any atom is -0.271 e. The lowest BCUT2D eigenvalue weighted by molar-refractivity contribution is 0.302. The maximum absolute atomic E-state index is 5.62. The van der Waals surface area contributed by atoms with Crippen molar-refractivity contribution in [2.24, 2.45) is 11.3 Å². The Morgan fingerprint density at radius 3 is 2.69 bits per heavy atom. The van der Waals surface area contributed by atoms with Gasteiger partial charge in [0.15, 0.2) is 0 Å². The van der Waals surface area contributed by atoms with E-state index in [0.29, 0.717) is 0 Å². The molecule has 1 aromatic heterocycles. The van der Waals surface area contributed by atoms with Crippen LogP contribution in [0.3, 0.4) is 0 Å². The van der Waals surface area contributed by atoms with Gasteiger partial charge < -0.3 is 0 Å². The molecule has 3 N–H and O–H groups in total. The van der Waals surface area contributed by atoms with Gasteiger partial charge >= 0.3 is 0 Å². The third-order valence-electron chi connectivity index (χ3n) is 2.46. The fourth-order valence-corrected chi connectivity index (χ4v) is 1.78. The van der Waals surface area contributed by atoms with Gasteiger partial charge in [0.1, 0.15) is 0 Å². The van der Waals surface area contributed by atoms with Crippen LogP contribution in [-0.4, -0.2) is 15.0 Å². The first-order valence-electron chi connectivity index (χ1n) is 5.82. The molecule has 5 heteroatoms. The van der Waals surface area contributed by atoms with Crippen LogP contribution in [0.2, 0.25) is 0 Å². The average Bonchev–Trinajstić information content (AvgIpc) is 2.61. The van der Waals surface area contributed by atoms with Gasteiger partial charge in [-0.2, -0.15) is 0 Å². The molecule has 1 aromatic rings. The van der Waals surface area contributed by atoms with E-state index in [-0.39, 0.29) is 11.5 Å². The molecule has 16 heavy (non-hydrogen) atoms. The lowest BCUT2D eigenvalue weighted by Crippen LogP contribution is -2.32. The van der Waals surface area contributed by atoms with Crippen molar-refractivity contribution >= 4 is 0 Å². The Kier molecular flexibility index (Phi) is 4.44. The number of nitrogens with two attached hydrogens (primary N) is 1. The van der Waals surface area contributed by atoms with E-state index in [0.717, 1.165) is 25.1 Å². The van der Waals surface area contributed by atoms with Crippen LogP contribution in [0.5, 0.6) is 0 Å².